The van der Waals surface area contributed by atoms with Crippen LogP contribution in [0.3, 0.4) is 0 Å². The van der Waals surface area contributed by atoms with Gasteiger partial charge in [-0.3, -0.25) is 4.79 Å². The molecule has 0 heterocycles. The highest BCUT2D eigenvalue weighted by Gasteiger charge is 2.63. The van der Waals surface area contributed by atoms with Gasteiger partial charge in [-0.05, 0) is 99.6 Å². The molecule has 0 spiro atoms. The van der Waals surface area contributed by atoms with Gasteiger partial charge in [0.15, 0.2) is 0 Å². The summed E-state index contributed by atoms with van der Waals surface area (Å²) in [5.74, 6) is 2.25. The van der Waals surface area contributed by atoms with Crippen molar-refractivity contribution in [2.45, 2.75) is 82.2 Å². The average molecular weight is 410 g/mol. The third-order valence-electron chi connectivity index (χ3n) is 9.13. The van der Waals surface area contributed by atoms with E-state index in [0.29, 0.717) is 35.7 Å². The van der Waals surface area contributed by atoms with Crippen LogP contribution in [-0.2, 0) is 10.2 Å². The third-order valence-corrected chi connectivity index (χ3v) is 9.13. The largest absolute Gasteiger partial charge is 0.353 e. The molecule has 4 heteroatoms. The molecule has 1 amide bonds. The van der Waals surface area contributed by atoms with Gasteiger partial charge in [-0.25, -0.2) is 0 Å². The molecule has 2 atom stereocenters. The summed E-state index contributed by atoms with van der Waals surface area (Å²) in [7, 11) is 0. The summed E-state index contributed by atoms with van der Waals surface area (Å²) in [6.45, 7) is 4.04. The van der Waals surface area contributed by atoms with E-state index in [-0.39, 0.29) is 10.8 Å². The van der Waals surface area contributed by atoms with Gasteiger partial charge in [-0.2, -0.15) is 0 Å². The van der Waals surface area contributed by atoms with Crippen LogP contribution in [0.1, 0.15) is 70.3 Å². The van der Waals surface area contributed by atoms with Crippen molar-refractivity contribution in [2.75, 3.05) is 13.1 Å². The van der Waals surface area contributed by atoms with Crippen molar-refractivity contribution >= 4 is 5.91 Å². The van der Waals surface area contributed by atoms with Gasteiger partial charge in [0.1, 0.15) is 0 Å². The number of carbonyl (C=O) groups excluding carboxylic acids is 1. The second-order valence-corrected chi connectivity index (χ2v) is 11.0. The highest BCUT2D eigenvalue weighted by Crippen LogP contribution is 2.65. The summed E-state index contributed by atoms with van der Waals surface area (Å²) in [4.78, 5) is 13.8. The molecule has 5 aliphatic carbocycles. The third kappa shape index (κ3) is 3.40. The van der Waals surface area contributed by atoms with Gasteiger partial charge in [0.05, 0.1) is 5.41 Å². The highest BCUT2D eigenvalue weighted by molar-refractivity contribution is 5.84. The Hall–Kier alpha value is -1.39. The number of hydrogen-bond acceptors (Lipinski definition) is 3. The first-order valence-corrected chi connectivity index (χ1v) is 12.4. The number of rotatable bonds is 6. The SMILES string of the molecule is CCNC1C2CC3(C(=O)N[C@H]4CC[C@H](CN)CC4)CC1CC(c1ccccc1)(C2)C3. The molecule has 1 aromatic rings. The van der Waals surface area contributed by atoms with Crippen LogP contribution in [-0.4, -0.2) is 31.1 Å². The second kappa shape index (κ2) is 7.94. The monoisotopic (exact) mass is 409 g/mol. The Morgan fingerprint density at radius 1 is 1.03 bits per heavy atom. The molecule has 0 radical (unpaired) electrons. The number of hydrogen-bond donors (Lipinski definition) is 3. The molecule has 4 bridgehead atoms. The van der Waals surface area contributed by atoms with E-state index < -0.39 is 0 Å². The zero-order valence-corrected chi connectivity index (χ0v) is 18.5. The van der Waals surface area contributed by atoms with Gasteiger partial charge in [0.2, 0.25) is 5.91 Å². The van der Waals surface area contributed by atoms with E-state index in [1.54, 1.807) is 0 Å². The van der Waals surface area contributed by atoms with Gasteiger partial charge >= 0.3 is 0 Å². The Labute approximate surface area is 181 Å². The standard InChI is InChI=1S/C26H39N3O/c1-2-28-23-19-12-25(21-6-4-3-5-7-21)13-20(23)15-26(14-19,17-25)24(30)29-22-10-8-18(16-27)9-11-22/h3-7,18-20,22-23,28H,2,8-17,27H2,1H3,(H,29,30)/t18-,19?,20?,22-,23?,25?,26?. The summed E-state index contributed by atoms with van der Waals surface area (Å²) in [6.07, 6.45) is 10.2. The van der Waals surface area contributed by atoms with Crippen LogP contribution in [0.5, 0.6) is 0 Å². The fourth-order valence-corrected chi connectivity index (χ4v) is 7.99. The lowest BCUT2D eigenvalue weighted by atomic mass is 9.41. The zero-order valence-electron chi connectivity index (χ0n) is 18.5. The van der Waals surface area contributed by atoms with Gasteiger partial charge in [-0.1, -0.05) is 37.3 Å². The molecule has 0 aliphatic heterocycles. The lowest BCUT2D eigenvalue weighted by molar-refractivity contribution is -0.153. The van der Waals surface area contributed by atoms with Crippen molar-refractivity contribution in [3.05, 3.63) is 35.9 Å². The van der Waals surface area contributed by atoms with E-state index in [2.05, 4.69) is 47.9 Å². The number of amides is 1. The predicted molar refractivity (Wildman–Crippen MR) is 121 cm³/mol. The van der Waals surface area contributed by atoms with Crippen molar-refractivity contribution < 1.29 is 4.79 Å². The van der Waals surface area contributed by atoms with Crippen LogP contribution >= 0.6 is 0 Å². The topological polar surface area (TPSA) is 67.2 Å². The molecule has 6 rings (SSSR count). The van der Waals surface area contributed by atoms with E-state index in [9.17, 15) is 4.79 Å². The lowest BCUT2D eigenvalue weighted by Gasteiger charge is -2.64. The lowest BCUT2D eigenvalue weighted by Crippen LogP contribution is -2.66. The number of carbonyl (C=O) groups is 1. The minimum absolute atomic E-state index is 0.168. The molecule has 1 aromatic carbocycles. The molecule has 164 valence electrons. The van der Waals surface area contributed by atoms with Crippen LogP contribution in [0.4, 0.5) is 0 Å². The van der Waals surface area contributed by atoms with Crippen LogP contribution in [0.2, 0.25) is 0 Å². The Bertz CT molecular complexity index is 739. The molecule has 0 saturated heterocycles. The minimum atomic E-state index is -0.168. The highest BCUT2D eigenvalue weighted by atomic mass is 16.2. The van der Waals surface area contributed by atoms with Gasteiger partial charge in [0.25, 0.3) is 0 Å². The van der Waals surface area contributed by atoms with E-state index in [0.717, 1.165) is 58.0 Å². The van der Waals surface area contributed by atoms with Crippen molar-refractivity contribution in [3.63, 3.8) is 0 Å². The minimum Gasteiger partial charge on any atom is -0.353 e. The summed E-state index contributed by atoms with van der Waals surface area (Å²) in [5, 5.41) is 7.34. The summed E-state index contributed by atoms with van der Waals surface area (Å²) in [6, 6.07) is 12.0. The first kappa shape index (κ1) is 20.5. The fourth-order valence-electron chi connectivity index (χ4n) is 7.99. The van der Waals surface area contributed by atoms with Crippen molar-refractivity contribution in [2.24, 2.45) is 28.9 Å². The predicted octanol–water partition coefficient (Wildman–Crippen LogP) is 3.75. The first-order chi connectivity index (χ1) is 14.6. The van der Waals surface area contributed by atoms with Crippen LogP contribution in [0.15, 0.2) is 30.3 Å². The average Bonchev–Trinajstić information content (AvgIpc) is 2.77. The van der Waals surface area contributed by atoms with Gasteiger partial charge in [-0.15, -0.1) is 0 Å². The summed E-state index contributed by atoms with van der Waals surface area (Å²) >= 11 is 0. The molecule has 5 fully saturated rings. The van der Waals surface area contributed by atoms with E-state index in [1.807, 2.05) is 0 Å². The maximum Gasteiger partial charge on any atom is 0.226 e. The van der Waals surface area contributed by atoms with Crippen LogP contribution in [0.25, 0.3) is 0 Å². The Morgan fingerprint density at radius 2 is 1.70 bits per heavy atom. The van der Waals surface area contributed by atoms with Crippen molar-refractivity contribution in [3.8, 4) is 0 Å². The van der Waals surface area contributed by atoms with Gasteiger partial charge in [0, 0.05) is 12.1 Å². The Balaban J connectivity index is 1.39. The molecule has 0 aromatic heterocycles. The molecular weight excluding hydrogens is 370 g/mol. The molecule has 4 N–H and O–H groups in total. The maximum atomic E-state index is 13.8. The zero-order chi connectivity index (χ0) is 20.8. The number of nitrogens with two attached hydrogens (primary N) is 1. The molecule has 30 heavy (non-hydrogen) atoms. The fraction of sp³-hybridized carbons (Fsp3) is 0.731. The Morgan fingerprint density at radius 3 is 2.30 bits per heavy atom. The molecule has 2 unspecified atom stereocenters. The molecule has 5 saturated carbocycles. The van der Waals surface area contributed by atoms with E-state index in [1.165, 1.54) is 18.4 Å². The second-order valence-electron chi connectivity index (χ2n) is 11.0. The number of nitrogens with one attached hydrogen (secondary N) is 2. The molecule has 4 nitrogen and oxygen atoms in total. The summed E-state index contributed by atoms with van der Waals surface area (Å²) < 4.78 is 0. The van der Waals surface area contributed by atoms with Crippen LogP contribution < -0.4 is 16.4 Å². The maximum absolute atomic E-state index is 13.8. The van der Waals surface area contributed by atoms with Gasteiger partial charge < -0.3 is 16.4 Å². The smallest absolute Gasteiger partial charge is 0.226 e. The van der Waals surface area contributed by atoms with Crippen molar-refractivity contribution in [1.29, 1.82) is 0 Å². The van der Waals surface area contributed by atoms with E-state index in [4.69, 9.17) is 5.73 Å². The first-order valence-electron chi connectivity index (χ1n) is 12.4. The van der Waals surface area contributed by atoms with Crippen LogP contribution in [0, 0.1) is 23.2 Å². The Kier molecular flexibility index (Phi) is 5.43. The number of benzene rings is 1. The summed E-state index contributed by atoms with van der Waals surface area (Å²) in [5.41, 5.74) is 7.35. The quantitative estimate of drug-likeness (QED) is 0.670. The molecule has 5 aliphatic rings. The molecular formula is C26H39N3O. The van der Waals surface area contributed by atoms with E-state index >= 15 is 0 Å². The normalized spacial score (nSPS) is 42.3. The van der Waals surface area contributed by atoms with Crippen molar-refractivity contribution in [1.82, 2.24) is 10.6 Å².